The predicted octanol–water partition coefficient (Wildman–Crippen LogP) is 0.260. The van der Waals surface area contributed by atoms with E-state index in [0.717, 1.165) is 38.9 Å². The average molecular weight is 293 g/mol. The maximum absolute atomic E-state index is 11.9. The number of aliphatic hydroxyl groups excluding tert-OH is 1. The number of aliphatic hydroxyl groups is 1. The maximum Gasteiger partial charge on any atom is 0.267 e. The summed E-state index contributed by atoms with van der Waals surface area (Å²) in [5, 5.41) is 12.4. The Morgan fingerprint density at radius 1 is 1.52 bits per heavy atom. The number of aromatic nitrogens is 1. The Hall–Kier alpha value is -1.66. The fraction of sp³-hybridized carbons (Fsp3) is 0.600. The van der Waals surface area contributed by atoms with Crippen LogP contribution in [-0.4, -0.2) is 53.2 Å². The molecule has 0 bridgehead atoms. The zero-order valence-corrected chi connectivity index (χ0v) is 12.4. The smallest absolute Gasteiger partial charge is 0.267 e. The number of hydrogen-bond acceptors (Lipinski definition) is 4. The molecule has 1 aromatic heterocycles. The molecule has 2 heterocycles. The number of rotatable bonds is 5. The number of nitrogens with one attached hydrogen (secondary N) is 2. The summed E-state index contributed by atoms with van der Waals surface area (Å²) in [6.45, 7) is 4.90. The zero-order valence-electron chi connectivity index (χ0n) is 12.4. The second kappa shape index (κ2) is 7.38. The Morgan fingerprint density at radius 2 is 2.33 bits per heavy atom. The molecule has 6 nitrogen and oxygen atoms in total. The lowest BCUT2D eigenvalue weighted by atomic mass is 10.1. The topological polar surface area (TPSA) is 85.4 Å². The summed E-state index contributed by atoms with van der Waals surface area (Å²) in [5.74, 6) is -0.255. The van der Waals surface area contributed by atoms with Crippen LogP contribution in [0.4, 0.5) is 0 Å². The zero-order chi connectivity index (χ0) is 15.2. The molecule has 1 atom stereocenters. The molecule has 1 aliphatic heterocycles. The van der Waals surface area contributed by atoms with Gasteiger partial charge in [0.05, 0.1) is 6.10 Å². The van der Waals surface area contributed by atoms with Gasteiger partial charge in [-0.2, -0.15) is 0 Å². The molecule has 1 aliphatic rings. The number of amides is 1. The molecule has 3 N–H and O–H groups in total. The molecule has 0 radical (unpaired) electrons. The van der Waals surface area contributed by atoms with Crippen LogP contribution < -0.4 is 10.7 Å². The molecule has 0 aliphatic carbocycles. The number of carbonyl (C=O) groups excluding carboxylic acids is 1. The molecule has 0 saturated carbocycles. The van der Waals surface area contributed by atoms with Crippen LogP contribution in [0.5, 0.6) is 0 Å². The van der Waals surface area contributed by atoms with Gasteiger partial charge in [-0.15, -0.1) is 0 Å². The largest absolute Gasteiger partial charge is 0.392 e. The van der Waals surface area contributed by atoms with Crippen LogP contribution in [0.25, 0.3) is 0 Å². The Bertz CT molecular complexity index is 541. The molecular weight excluding hydrogens is 270 g/mol. The third kappa shape index (κ3) is 4.99. The minimum Gasteiger partial charge on any atom is -0.392 e. The quantitative estimate of drug-likeness (QED) is 0.680. The number of β-amino-alcohol motifs (C(OH)–C–C–N with tert-alkyl or cyclic N) is 1. The first-order chi connectivity index (χ1) is 10.0. The minimum absolute atomic E-state index is 0.168. The van der Waals surface area contributed by atoms with Crippen LogP contribution in [0, 0.1) is 6.92 Å². The van der Waals surface area contributed by atoms with Crippen LogP contribution >= 0.6 is 0 Å². The monoisotopic (exact) mass is 293 g/mol. The van der Waals surface area contributed by atoms with Crippen molar-refractivity contribution in [3.8, 4) is 0 Å². The standard InChI is InChI=1S/C15H23N3O3/c1-11-8-13(20)9-14(17-11)15(21)16-5-3-7-18-6-2-4-12(19)10-18/h8-9,12,19H,2-7,10H2,1H3,(H,16,21)(H,17,20)/t12-/m0/s1. The van der Waals surface area contributed by atoms with E-state index in [0.29, 0.717) is 17.9 Å². The maximum atomic E-state index is 11.9. The molecule has 0 unspecified atom stereocenters. The van der Waals surface area contributed by atoms with E-state index in [2.05, 4.69) is 15.2 Å². The van der Waals surface area contributed by atoms with E-state index in [9.17, 15) is 14.7 Å². The van der Waals surface area contributed by atoms with Gasteiger partial charge >= 0.3 is 0 Å². The van der Waals surface area contributed by atoms with Crippen molar-refractivity contribution in [3.05, 3.63) is 33.7 Å². The highest BCUT2D eigenvalue weighted by Crippen LogP contribution is 2.09. The van der Waals surface area contributed by atoms with Crippen LogP contribution in [0.15, 0.2) is 16.9 Å². The van der Waals surface area contributed by atoms with Gasteiger partial charge in [0.2, 0.25) is 0 Å². The molecule has 1 aromatic rings. The van der Waals surface area contributed by atoms with E-state index in [1.165, 1.54) is 12.1 Å². The van der Waals surface area contributed by atoms with Crippen molar-refractivity contribution in [1.29, 1.82) is 0 Å². The Morgan fingerprint density at radius 3 is 3.05 bits per heavy atom. The van der Waals surface area contributed by atoms with Crippen LogP contribution in [0.3, 0.4) is 0 Å². The highest BCUT2D eigenvalue weighted by Gasteiger charge is 2.16. The molecule has 0 spiro atoms. The molecule has 1 saturated heterocycles. The molecule has 1 fully saturated rings. The Labute approximate surface area is 124 Å². The van der Waals surface area contributed by atoms with Crippen LogP contribution in [0.1, 0.15) is 35.4 Å². The summed E-state index contributed by atoms with van der Waals surface area (Å²) in [6.07, 6.45) is 2.52. The number of carbonyl (C=O) groups is 1. The Balaban J connectivity index is 1.73. The second-order valence-electron chi connectivity index (χ2n) is 5.62. The first-order valence-electron chi connectivity index (χ1n) is 7.44. The summed E-state index contributed by atoms with van der Waals surface area (Å²) >= 11 is 0. The van der Waals surface area contributed by atoms with Crippen LogP contribution in [-0.2, 0) is 0 Å². The molecule has 21 heavy (non-hydrogen) atoms. The lowest BCUT2D eigenvalue weighted by Crippen LogP contribution is -2.39. The van der Waals surface area contributed by atoms with Gasteiger partial charge in [-0.1, -0.05) is 0 Å². The van der Waals surface area contributed by atoms with Crippen LogP contribution in [0.2, 0.25) is 0 Å². The number of pyridine rings is 1. The van der Waals surface area contributed by atoms with E-state index < -0.39 is 0 Å². The molecule has 2 rings (SSSR count). The third-order valence-electron chi connectivity index (χ3n) is 3.64. The van der Waals surface area contributed by atoms with Crippen molar-refractivity contribution in [2.24, 2.45) is 0 Å². The second-order valence-corrected chi connectivity index (χ2v) is 5.62. The van der Waals surface area contributed by atoms with Crippen molar-refractivity contribution >= 4 is 5.91 Å². The van der Waals surface area contributed by atoms with Gasteiger partial charge in [0.1, 0.15) is 5.69 Å². The summed E-state index contributed by atoms with van der Waals surface area (Å²) in [5.41, 5.74) is 0.807. The highest BCUT2D eigenvalue weighted by atomic mass is 16.3. The predicted molar refractivity (Wildman–Crippen MR) is 80.4 cm³/mol. The van der Waals surface area contributed by atoms with Gasteiger partial charge in [0.25, 0.3) is 5.91 Å². The number of aromatic amines is 1. The molecule has 0 aromatic carbocycles. The van der Waals surface area contributed by atoms with E-state index >= 15 is 0 Å². The molecular formula is C15H23N3O3. The number of piperidine rings is 1. The number of aryl methyl sites for hydroxylation is 1. The van der Waals surface area contributed by atoms with Gasteiger partial charge in [-0.3, -0.25) is 9.59 Å². The summed E-state index contributed by atoms with van der Waals surface area (Å²) < 4.78 is 0. The highest BCUT2D eigenvalue weighted by molar-refractivity contribution is 5.92. The fourth-order valence-corrected chi connectivity index (χ4v) is 2.64. The van der Waals surface area contributed by atoms with Gasteiger partial charge in [-0.25, -0.2) is 0 Å². The van der Waals surface area contributed by atoms with E-state index in [1.807, 2.05) is 0 Å². The van der Waals surface area contributed by atoms with Gasteiger partial charge in [0.15, 0.2) is 5.43 Å². The molecule has 116 valence electrons. The number of hydrogen-bond donors (Lipinski definition) is 3. The first-order valence-corrected chi connectivity index (χ1v) is 7.44. The Kier molecular flexibility index (Phi) is 5.52. The van der Waals surface area contributed by atoms with Crippen molar-refractivity contribution in [1.82, 2.24) is 15.2 Å². The molecule has 6 heteroatoms. The van der Waals surface area contributed by atoms with E-state index in [1.54, 1.807) is 6.92 Å². The number of nitrogens with zero attached hydrogens (tertiary/aromatic N) is 1. The number of H-pyrrole nitrogens is 1. The van der Waals surface area contributed by atoms with Crippen molar-refractivity contribution in [3.63, 3.8) is 0 Å². The lowest BCUT2D eigenvalue weighted by Gasteiger charge is -2.29. The van der Waals surface area contributed by atoms with Gasteiger partial charge in [-0.05, 0) is 39.3 Å². The third-order valence-corrected chi connectivity index (χ3v) is 3.64. The van der Waals surface area contributed by atoms with E-state index in [4.69, 9.17) is 0 Å². The van der Waals surface area contributed by atoms with Crippen molar-refractivity contribution in [2.45, 2.75) is 32.3 Å². The van der Waals surface area contributed by atoms with Crippen molar-refractivity contribution in [2.75, 3.05) is 26.2 Å². The van der Waals surface area contributed by atoms with E-state index in [-0.39, 0.29) is 17.4 Å². The summed E-state index contributed by atoms with van der Waals surface area (Å²) in [7, 11) is 0. The summed E-state index contributed by atoms with van der Waals surface area (Å²) in [6, 6.07) is 2.77. The lowest BCUT2D eigenvalue weighted by molar-refractivity contribution is 0.0697. The number of likely N-dealkylation sites (tertiary alicyclic amines) is 1. The summed E-state index contributed by atoms with van der Waals surface area (Å²) in [4.78, 5) is 28.4. The normalized spacial score (nSPS) is 19.4. The molecule has 1 amide bonds. The fourth-order valence-electron chi connectivity index (χ4n) is 2.64. The van der Waals surface area contributed by atoms with Gasteiger partial charge in [0, 0.05) is 30.9 Å². The SMILES string of the molecule is Cc1cc(=O)cc(C(=O)NCCCN2CCC[C@H](O)C2)[nH]1. The van der Waals surface area contributed by atoms with Gasteiger partial charge < -0.3 is 20.3 Å². The average Bonchev–Trinajstić information content (AvgIpc) is 2.42. The first kappa shape index (κ1) is 15.7. The minimum atomic E-state index is -0.255. The van der Waals surface area contributed by atoms with Crippen molar-refractivity contribution < 1.29 is 9.90 Å².